The molecule has 0 bridgehead atoms. The van der Waals surface area contributed by atoms with Gasteiger partial charge in [-0.3, -0.25) is 9.69 Å². The van der Waals surface area contributed by atoms with Crippen molar-refractivity contribution in [3.8, 4) is 0 Å². The molecule has 140 valence electrons. The quantitative estimate of drug-likeness (QED) is 0.634. The second-order valence-electron chi connectivity index (χ2n) is 6.37. The van der Waals surface area contributed by atoms with E-state index in [0.717, 1.165) is 16.5 Å². The lowest BCUT2D eigenvalue weighted by Crippen LogP contribution is -2.29. The fraction of sp³-hybridized carbons (Fsp3) is 0.200. The maximum atomic E-state index is 13.2. The molecule has 0 saturated carbocycles. The lowest BCUT2D eigenvalue weighted by molar-refractivity contribution is -0.117. The predicted octanol–water partition coefficient (Wildman–Crippen LogP) is 4.40. The van der Waals surface area contributed by atoms with Crippen LogP contribution in [0.15, 0.2) is 53.9 Å². The van der Waals surface area contributed by atoms with Gasteiger partial charge in [0, 0.05) is 23.3 Å². The molecule has 2 aromatic carbocycles. The molecule has 0 saturated heterocycles. The highest BCUT2D eigenvalue weighted by Crippen LogP contribution is 2.21. The molecule has 5 nitrogen and oxygen atoms in total. The van der Waals surface area contributed by atoms with Gasteiger partial charge in [-0.1, -0.05) is 23.8 Å². The third-order valence-electron chi connectivity index (χ3n) is 3.81. The SMILES string of the molecule is Cc1ccc(Nc2nc(CN(C)CC(=O)Nc3cccc(F)c3)cs2)cc1. The number of hydrogen-bond donors (Lipinski definition) is 2. The number of hydrogen-bond acceptors (Lipinski definition) is 5. The molecule has 0 radical (unpaired) electrons. The normalized spacial score (nSPS) is 10.8. The van der Waals surface area contributed by atoms with E-state index in [1.165, 1.54) is 29.0 Å². The van der Waals surface area contributed by atoms with Gasteiger partial charge >= 0.3 is 0 Å². The molecule has 0 spiro atoms. The first kappa shape index (κ1) is 19.0. The van der Waals surface area contributed by atoms with Gasteiger partial charge in [-0.15, -0.1) is 11.3 Å². The summed E-state index contributed by atoms with van der Waals surface area (Å²) in [6, 6.07) is 14.0. The lowest BCUT2D eigenvalue weighted by Gasteiger charge is -2.15. The van der Waals surface area contributed by atoms with Crippen LogP contribution in [-0.4, -0.2) is 29.4 Å². The highest BCUT2D eigenvalue weighted by atomic mass is 32.1. The molecule has 0 aliphatic heterocycles. The van der Waals surface area contributed by atoms with E-state index < -0.39 is 0 Å². The second kappa shape index (κ2) is 8.75. The molecule has 1 heterocycles. The summed E-state index contributed by atoms with van der Waals surface area (Å²) in [7, 11) is 1.84. The minimum absolute atomic E-state index is 0.189. The van der Waals surface area contributed by atoms with E-state index in [4.69, 9.17) is 0 Å². The van der Waals surface area contributed by atoms with E-state index in [9.17, 15) is 9.18 Å². The minimum atomic E-state index is -0.378. The predicted molar refractivity (Wildman–Crippen MR) is 108 cm³/mol. The summed E-state index contributed by atoms with van der Waals surface area (Å²) in [4.78, 5) is 18.5. The maximum Gasteiger partial charge on any atom is 0.238 e. The zero-order chi connectivity index (χ0) is 19.2. The van der Waals surface area contributed by atoms with Crippen LogP contribution < -0.4 is 10.6 Å². The highest BCUT2D eigenvalue weighted by molar-refractivity contribution is 7.13. The summed E-state index contributed by atoms with van der Waals surface area (Å²) in [5, 5.41) is 8.75. The first-order valence-electron chi connectivity index (χ1n) is 8.50. The van der Waals surface area contributed by atoms with Crippen LogP contribution in [0.5, 0.6) is 0 Å². The van der Waals surface area contributed by atoms with Gasteiger partial charge in [0.15, 0.2) is 5.13 Å². The second-order valence-corrected chi connectivity index (χ2v) is 7.22. The van der Waals surface area contributed by atoms with Crippen molar-refractivity contribution in [2.75, 3.05) is 24.2 Å². The van der Waals surface area contributed by atoms with Crippen LogP contribution in [0.25, 0.3) is 0 Å². The fourth-order valence-corrected chi connectivity index (χ4v) is 3.26. The van der Waals surface area contributed by atoms with Gasteiger partial charge < -0.3 is 10.6 Å². The standard InChI is InChI=1S/C20H21FN4OS/c1-14-6-8-16(9-7-14)23-20-24-18(13-27-20)11-25(2)12-19(26)22-17-5-3-4-15(21)10-17/h3-10,13H,11-12H2,1-2H3,(H,22,26)(H,23,24). The Bertz CT molecular complexity index is 910. The Morgan fingerprint density at radius 2 is 1.96 bits per heavy atom. The molecule has 27 heavy (non-hydrogen) atoms. The molecule has 3 rings (SSSR count). The molecule has 1 amide bonds. The Morgan fingerprint density at radius 3 is 2.70 bits per heavy atom. The van der Waals surface area contributed by atoms with Crippen molar-refractivity contribution in [1.29, 1.82) is 0 Å². The smallest absolute Gasteiger partial charge is 0.238 e. The van der Waals surface area contributed by atoms with Crippen LogP contribution in [0.3, 0.4) is 0 Å². The van der Waals surface area contributed by atoms with Crippen molar-refractivity contribution in [3.63, 3.8) is 0 Å². The Morgan fingerprint density at radius 1 is 1.19 bits per heavy atom. The van der Waals surface area contributed by atoms with E-state index >= 15 is 0 Å². The number of nitrogens with zero attached hydrogens (tertiary/aromatic N) is 2. The largest absolute Gasteiger partial charge is 0.332 e. The molecule has 0 aliphatic carbocycles. The summed E-state index contributed by atoms with van der Waals surface area (Å²) < 4.78 is 13.2. The third kappa shape index (κ3) is 5.87. The van der Waals surface area contributed by atoms with Gasteiger partial charge in [0.2, 0.25) is 5.91 Å². The molecular weight excluding hydrogens is 363 g/mol. The Hall–Kier alpha value is -2.77. The molecule has 0 aliphatic rings. The van der Waals surface area contributed by atoms with Gasteiger partial charge in [0.1, 0.15) is 5.82 Å². The molecule has 0 unspecified atom stereocenters. The number of rotatable bonds is 7. The molecule has 2 N–H and O–H groups in total. The van der Waals surface area contributed by atoms with Crippen LogP contribution in [0.4, 0.5) is 20.9 Å². The summed E-state index contributed by atoms with van der Waals surface area (Å²) in [5.41, 5.74) is 3.53. The number of halogens is 1. The molecular formula is C20H21FN4OS. The molecule has 1 aromatic heterocycles. The van der Waals surface area contributed by atoms with Crippen molar-refractivity contribution < 1.29 is 9.18 Å². The number of carbonyl (C=O) groups is 1. The first-order valence-corrected chi connectivity index (χ1v) is 9.38. The molecule has 0 atom stereocenters. The van der Waals surface area contributed by atoms with Gasteiger partial charge in [0.25, 0.3) is 0 Å². The number of carbonyl (C=O) groups excluding carboxylic acids is 1. The zero-order valence-corrected chi connectivity index (χ0v) is 16.0. The average molecular weight is 384 g/mol. The van der Waals surface area contributed by atoms with Crippen LogP contribution in [0, 0.1) is 12.7 Å². The van der Waals surface area contributed by atoms with Gasteiger partial charge in [-0.05, 0) is 44.3 Å². The van der Waals surface area contributed by atoms with E-state index in [1.54, 1.807) is 12.1 Å². The number of thiazole rings is 1. The first-order chi connectivity index (χ1) is 13.0. The third-order valence-corrected chi connectivity index (χ3v) is 4.61. The van der Waals surface area contributed by atoms with Crippen molar-refractivity contribution >= 4 is 33.8 Å². The number of nitrogens with one attached hydrogen (secondary N) is 2. The maximum absolute atomic E-state index is 13.2. The number of aryl methyl sites for hydroxylation is 1. The van der Waals surface area contributed by atoms with Gasteiger partial charge in [-0.25, -0.2) is 9.37 Å². The topological polar surface area (TPSA) is 57.3 Å². The summed E-state index contributed by atoms with van der Waals surface area (Å²) in [5.74, 6) is -0.575. The molecule has 3 aromatic rings. The van der Waals surface area contributed by atoms with E-state index in [-0.39, 0.29) is 18.3 Å². The monoisotopic (exact) mass is 384 g/mol. The number of likely N-dealkylation sites (N-methyl/N-ethyl adjacent to an activating group) is 1. The fourth-order valence-electron chi connectivity index (χ4n) is 2.54. The average Bonchev–Trinajstić information content (AvgIpc) is 3.03. The summed E-state index contributed by atoms with van der Waals surface area (Å²) in [6.45, 7) is 2.78. The van der Waals surface area contributed by atoms with E-state index in [2.05, 4.69) is 15.6 Å². The van der Waals surface area contributed by atoms with Crippen molar-refractivity contribution in [3.05, 3.63) is 71.0 Å². The number of amides is 1. The van der Waals surface area contributed by atoms with Crippen LogP contribution in [0.1, 0.15) is 11.3 Å². The Balaban J connectivity index is 1.50. The van der Waals surface area contributed by atoms with E-state index in [0.29, 0.717) is 12.2 Å². The zero-order valence-electron chi connectivity index (χ0n) is 15.2. The van der Waals surface area contributed by atoms with Crippen molar-refractivity contribution in [2.45, 2.75) is 13.5 Å². The van der Waals surface area contributed by atoms with Gasteiger partial charge in [0.05, 0.1) is 12.2 Å². The number of aromatic nitrogens is 1. The summed E-state index contributed by atoms with van der Waals surface area (Å²) >= 11 is 1.52. The van der Waals surface area contributed by atoms with Crippen LogP contribution in [-0.2, 0) is 11.3 Å². The van der Waals surface area contributed by atoms with Crippen molar-refractivity contribution in [1.82, 2.24) is 9.88 Å². The molecule has 0 fully saturated rings. The van der Waals surface area contributed by atoms with Crippen LogP contribution >= 0.6 is 11.3 Å². The number of anilines is 3. The van der Waals surface area contributed by atoms with E-state index in [1.807, 2.05) is 48.5 Å². The summed E-state index contributed by atoms with van der Waals surface area (Å²) in [6.07, 6.45) is 0. The Kier molecular flexibility index (Phi) is 6.16. The Labute approximate surface area is 161 Å². The highest BCUT2D eigenvalue weighted by Gasteiger charge is 2.10. The van der Waals surface area contributed by atoms with Crippen molar-refractivity contribution in [2.24, 2.45) is 0 Å². The minimum Gasteiger partial charge on any atom is -0.332 e. The number of benzene rings is 2. The molecule has 7 heteroatoms. The van der Waals surface area contributed by atoms with Gasteiger partial charge in [-0.2, -0.15) is 0 Å². The van der Waals surface area contributed by atoms with Crippen LogP contribution in [0.2, 0.25) is 0 Å². The lowest BCUT2D eigenvalue weighted by atomic mass is 10.2.